The van der Waals surface area contributed by atoms with Crippen LogP contribution in [0.25, 0.3) is 11.1 Å². The van der Waals surface area contributed by atoms with E-state index in [1.165, 1.54) is 22.8 Å². The van der Waals surface area contributed by atoms with Crippen LogP contribution in [0.15, 0.2) is 32.3 Å². The summed E-state index contributed by atoms with van der Waals surface area (Å²) >= 11 is 0. The van der Waals surface area contributed by atoms with Crippen molar-refractivity contribution in [1.29, 1.82) is 0 Å². The van der Waals surface area contributed by atoms with Gasteiger partial charge in [0.1, 0.15) is 0 Å². The van der Waals surface area contributed by atoms with E-state index in [2.05, 4.69) is 4.72 Å². The Hall–Kier alpha value is -1.64. The first-order valence-corrected chi connectivity index (χ1v) is 7.60. The van der Waals surface area contributed by atoms with Crippen LogP contribution in [0, 0.1) is 0 Å². The highest BCUT2D eigenvalue weighted by atomic mass is 32.2. The number of aryl methyl sites for hydroxylation is 1. The van der Waals surface area contributed by atoms with E-state index in [1.807, 2.05) is 0 Å². The van der Waals surface area contributed by atoms with E-state index in [4.69, 9.17) is 9.52 Å². The molecule has 0 aliphatic rings. The second kappa shape index (κ2) is 5.39. The van der Waals surface area contributed by atoms with Crippen molar-refractivity contribution in [2.75, 3.05) is 6.61 Å². The minimum Gasteiger partial charge on any atom is -0.408 e. The Morgan fingerprint density at radius 3 is 2.75 bits per heavy atom. The average molecular weight is 300 g/mol. The van der Waals surface area contributed by atoms with Crippen LogP contribution in [0.1, 0.15) is 13.3 Å². The molecule has 2 rings (SSSR count). The maximum absolute atomic E-state index is 12.1. The first-order valence-electron chi connectivity index (χ1n) is 6.11. The number of aliphatic hydroxyl groups is 1. The summed E-state index contributed by atoms with van der Waals surface area (Å²) in [6, 6.07) is 3.65. The van der Waals surface area contributed by atoms with Gasteiger partial charge >= 0.3 is 5.76 Å². The van der Waals surface area contributed by atoms with Crippen molar-refractivity contribution in [3.05, 3.63) is 28.7 Å². The zero-order valence-corrected chi connectivity index (χ0v) is 12.0. The number of benzene rings is 1. The molecular formula is C12H16N2O5S. The van der Waals surface area contributed by atoms with Crippen molar-refractivity contribution in [1.82, 2.24) is 9.29 Å². The highest BCUT2D eigenvalue weighted by molar-refractivity contribution is 7.89. The molecule has 1 aromatic carbocycles. The predicted molar refractivity (Wildman–Crippen MR) is 72.9 cm³/mol. The quantitative estimate of drug-likeness (QED) is 0.820. The molecule has 0 aliphatic heterocycles. The van der Waals surface area contributed by atoms with Gasteiger partial charge in [-0.25, -0.2) is 17.9 Å². The fraction of sp³-hybridized carbons (Fsp3) is 0.417. The number of hydrogen-bond donors (Lipinski definition) is 2. The van der Waals surface area contributed by atoms with Crippen molar-refractivity contribution in [2.45, 2.75) is 24.3 Å². The molecule has 1 atom stereocenters. The van der Waals surface area contributed by atoms with Crippen molar-refractivity contribution in [2.24, 2.45) is 7.05 Å². The lowest BCUT2D eigenvalue weighted by atomic mass is 10.3. The summed E-state index contributed by atoms with van der Waals surface area (Å²) in [5.41, 5.74) is 0.723. The maximum atomic E-state index is 12.1. The Labute approximate surface area is 115 Å². The van der Waals surface area contributed by atoms with Crippen LogP contribution >= 0.6 is 0 Å². The molecule has 0 fully saturated rings. The van der Waals surface area contributed by atoms with Gasteiger partial charge in [0.15, 0.2) is 5.58 Å². The van der Waals surface area contributed by atoms with Gasteiger partial charge in [-0.1, -0.05) is 6.92 Å². The first-order chi connectivity index (χ1) is 9.39. The molecule has 2 aromatic rings. The minimum atomic E-state index is -3.76. The summed E-state index contributed by atoms with van der Waals surface area (Å²) in [6.45, 7) is 1.49. The summed E-state index contributed by atoms with van der Waals surface area (Å²) in [5, 5.41) is 9.06. The molecule has 20 heavy (non-hydrogen) atoms. The molecule has 0 amide bonds. The zero-order chi connectivity index (χ0) is 14.9. The van der Waals surface area contributed by atoms with Crippen molar-refractivity contribution >= 4 is 21.1 Å². The van der Waals surface area contributed by atoms with Gasteiger partial charge in [0, 0.05) is 19.2 Å². The van der Waals surface area contributed by atoms with E-state index < -0.39 is 21.8 Å². The fourth-order valence-electron chi connectivity index (χ4n) is 1.82. The molecule has 0 saturated heterocycles. The second-order valence-corrected chi connectivity index (χ2v) is 6.18. The normalized spacial score (nSPS) is 13.8. The van der Waals surface area contributed by atoms with Crippen LogP contribution in [0.3, 0.4) is 0 Å². The number of oxazole rings is 1. The summed E-state index contributed by atoms with van der Waals surface area (Å²) in [7, 11) is -2.22. The SMILES string of the molecule is CC[C@@H](CO)NS(=O)(=O)c1ccc2c(c1)oc(=O)n2C. The number of hydrogen-bond acceptors (Lipinski definition) is 5. The lowest BCUT2D eigenvalue weighted by Gasteiger charge is -2.14. The molecule has 1 heterocycles. The third-order valence-electron chi connectivity index (χ3n) is 3.11. The van der Waals surface area contributed by atoms with Gasteiger partial charge in [-0.05, 0) is 18.6 Å². The Bertz CT molecular complexity index is 771. The predicted octanol–water partition coefficient (Wildman–Crippen LogP) is 0.181. The number of nitrogens with zero attached hydrogens (tertiary/aromatic N) is 1. The summed E-state index contributed by atoms with van der Waals surface area (Å²) in [6.07, 6.45) is 0.471. The van der Waals surface area contributed by atoms with Gasteiger partial charge in [0.05, 0.1) is 17.0 Å². The Morgan fingerprint density at radius 2 is 2.15 bits per heavy atom. The molecule has 1 aromatic heterocycles. The van der Waals surface area contributed by atoms with Gasteiger partial charge < -0.3 is 9.52 Å². The maximum Gasteiger partial charge on any atom is 0.419 e. The van der Waals surface area contributed by atoms with Gasteiger partial charge in [-0.15, -0.1) is 0 Å². The second-order valence-electron chi connectivity index (χ2n) is 4.47. The minimum absolute atomic E-state index is 0.00810. The summed E-state index contributed by atoms with van der Waals surface area (Å²) in [4.78, 5) is 11.4. The van der Waals surface area contributed by atoms with Crippen LogP contribution in [-0.4, -0.2) is 30.7 Å². The number of aliphatic hydroxyl groups excluding tert-OH is 1. The molecule has 0 spiro atoms. The molecule has 7 nitrogen and oxygen atoms in total. The molecule has 0 saturated carbocycles. The van der Waals surface area contributed by atoms with Crippen molar-refractivity contribution in [3.63, 3.8) is 0 Å². The Morgan fingerprint density at radius 1 is 1.45 bits per heavy atom. The molecule has 0 bridgehead atoms. The molecule has 2 N–H and O–H groups in total. The van der Waals surface area contributed by atoms with Crippen molar-refractivity contribution in [3.8, 4) is 0 Å². The number of fused-ring (bicyclic) bond motifs is 1. The van der Waals surface area contributed by atoms with E-state index >= 15 is 0 Å². The highest BCUT2D eigenvalue weighted by Crippen LogP contribution is 2.18. The Balaban J connectivity index is 2.44. The summed E-state index contributed by atoms with van der Waals surface area (Å²) in [5.74, 6) is -0.552. The topological polar surface area (TPSA) is 102 Å². The number of rotatable bonds is 5. The number of sulfonamides is 1. The molecule has 8 heteroatoms. The van der Waals surface area contributed by atoms with Gasteiger partial charge in [0.2, 0.25) is 10.0 Å². The van der Waals surface area contributed by atoms with E-state index in [-0.39, 0.29) is 17.1 Å². The smallest absolute Gasteiger partial charge is 0.408 e. The lowest BCUT2D eigenvalue weighted by Crippen LogP contribution is -2.36. The van der Waals surface area contributed by atoms with E-state index in [9.17, 15) is 13.2 Å². The van der Waals surface area contributed by atoms with Crippen LogP contribution in [0.4, 0.5) is 0 Å². The standard InChI is InChI=1S/C12H16N2O5S/c1-3-8(7-15)13-20(17,18)9-4-5-10-11(6-9)19-12(16)14(10)2/h4-6,8,13,15H,3,7H2,1-2H3/t8-/m0/s1. The molecule has 0 unspecified atom stereocenters. The fourth-order valence-corrected chi connectivity index (χ4v) is 3.14. The highest BCUT2D eigenvalue weighted by Gasteiger charge is 2.20. The van der Waals surface area contributed by atoms with Crippen LogP contribution in [-0.2, 0) is 17.1 Å². The molecule has 0 aliphatic carbocycles. The summed E-state index contributed by atoms with van der Waals surface area (Å²) < 4.78 is 32.9. The average Bonchev–Trinajstić information content (AvgIpc) is 2.71. The van der Waals surface area contributed by atoms with Gasteiger partial charge in [0.25, 0.3) is 0 Å². The van der Waals surface area contributed by atoms with Crippen LogP contribution in [0.5, 0.6) is 0 Å². The number of aromatic nitrogens is 1. The zero-order valence-electron chi connectivity index (χ0n) is 11.2. The number of nitrogens with one attached hydrogen (secondary N) is 1. The van der Waals surface area contributed by atoms with Crippen molar-refractivity contribution < 1.29 is 17.9 Å². The Kier molecular flexibility index (Phi) is 3.98. The van der Waals surface area contributed by atoms with E-state index in [0.717, 1.165) is 0 Å². The lowest BCUT2D eigenvalue weighted by molar-refractivity contribution is 0.254. The molecule has 0 radical (unpaired) electrons. The molecular weight excluding hydrogens is 284 g/mol. The van der Waals surface area contributed by atoms with E-state index in [0.29, 0.717) is 11.9 Å². The molecule has 110 valence electrons. The van der Waals surface area contributed by atoms with E-state index in [1.54, 1.807) is 14.0 Å². The third-order valence-corrected chi connectivity index (χ3v) is 4.63. The monoisotopic (exact) mass is 300 g/mol. The van der Waals surface area contributed by atoms with Gasteiger partial charge in [-0.3, -0.25) is 4.57 Å². The first kappa shape index (κ1) is 14.8. The van der Waals surface area contributed by atoms with Gasteiger partial charge in [-0.2, -0.15) is 0 Å². The van der Waals surface area contributed by atoms with Crippen LogP contribution < -0.4 is 10.5 Å². The van der Waals surface area contributed by atoms with Crippen LogP contribution in [0.2, 0.25) is 0 Å². The largest absolute Gasteiger partial charge is 0.419 e. The third kappa shape index (κ3) is 2.62.